The lowest BCUT2D eigenvalue weighted by Gasteiger charge is -2.35. The van der Waals surface area contributed by atoms with E-state index in [1.165, 1.54) is 0 Å². The van der Waals surface area contributed by atoms with Gasteiger partial charge in [0.1, 0.15) is 0 Å². The van der Waals surface area contributed by atoms with Gasteiger partial charge in [-0.25, -0.2) is 14.4 Å². The molecule has 33 heavy (non-hydrogen) atoms. The number of urea groups is 2. The number of allylic oxidation sites excluding steroid dienone is 1. The fourth-order valence-corrected chi connectivity index (χ4v) is 3.84. The largest absolute Gasteiger partial charge is 0.463 e. The van der Waals surface area contributed by atoms with Gasteiger partial charge in [-0.05, 0) is 56.2 Å². The van der Waals surface area contributed by atoms with Crippen molar-refractivity contribution >= 4 is 41.0 Å². The summed E-state index contributed by atoms with van der Waals surface area (Å²) in [4.78, 5) is 39.5. The number of esters is 1. The molecule has 0 bridgehead atoms. The maximum absolute atomic E-state index is 12.8. The molecule has 3 rings (SSSR count). The highest BCUT2D eigenvalue weighted by molar-refractivity contribution is 6.30. The summed E-state index contributed by atoms with van der Waals surface area (Å²) in [5.74, 6) is -0.488. The number of anilines is 2. The number of ether oxygens (including phenoxy) is 1. The van der Waals surface area contributed by atoms with E-state index in [2.05, 4.69) is 16.0 Å². The lowest BCUT2D eigenvalue weighted by molar-refractivity contribution is -0.139. The maximum atomic E-state index is 12.8. The Morgan fingerprint density at radius 1 is 1.09 bits per heavy atom. The highest BCUT2D eigenvalue weighted by Gasteiger charge is 2.36. The van der Waals surface area contributed by atoms with Crippen LogP contribution in [-0.2, 0) is 9.53 Å². The number of nitrogens with one attached hydrogen (secondary N) is 3. The number of carbonyl (C=O) groups excluding carboxylic acids is 3. The molecule has 0 aliphatic carbocycles. The van der Waals surface area contributed by atoms with Crippen molar-refractivity contribution in [3.63, 3.8) is 0 Å². The summed E-state index contributed by atoms with van der Waals surface area (Å²) < 4.78 is 5.27. The standard InChI is InChI=1S/C24H27ClN4O4/c1-4-12-29-15(3)20(22(30)33-5-2)21(28-24(29)32)16-8-6-10-18(13-16)26-23(31)27-19-11-7-9-17(25)14-19/h6-11,13-14,21H,4-5,12H2,1-3H3,(H,28,32)(H2,26,27,31)/t21-/m0/s1. The average molecular weight is 471 g/mol. The predicted octanol–water partition coefficient (Wildman–Crippen LogP) is 5.30. The highest BCUT2D eigenvalue weighted by Crippen LogP contribution is 2.32. The van der Waals surface area contributed by atoms with Crippen molar-refractivity contribution < 1.29 is 19.1 Å². The Kier molecular flexibility index (Phi) is 7.95. The normalized spacial score (nSPS) is 15.7. The molecule has 2 aromatic rings. The summed E-state index contributed by atoms with van der Waals surface area (Å²) in [6.07, 6.45) is 0.743. The Hall–Kier alpha value is -3.52. The van der Waals surface area contributed by atoms with Gasteiger partial charge in [0.05, 0.1) is 18.2 Å². The number of hydrogen-bond acceptors (Lipinski definition) is 4. The smallest absolute Gasteiger partial charge is 0.338 e. The quantitative estimate of drug-likeness (QED) is 0.478. The molecule has 3 N–H and O–H groups in total. The van der Waals surface area contributed by atoms with Gasteiger partial charge in [0, 0.05) is 28.6 Å². The molecule has 0 saturated carbocycles. The van der Waals surface area contributed by atoms with E-state index in [-0.39, 0.29) is 12.6 Å². The average Bonchev–Trinajstić information content (AvgIpc) is 2.76. The van der Waals surface area contributed by atoms with Crippen molar-refractivity contribution in [2.45, 2.75) is 33.2 Å². The lowest BCUT2D eigenvalue weighted by Crippen LogP contribution is -2.48. The first-order valence-electron chi connectivity index (χ1n) is 10.7. The van der Waals surface area contributed by atoms with Gasteiger partial charge in [-0.1, -0.05) is 36.7 Å². The van der Waals surface area contributed by atoms with Crippen LogP contribution < -0.4 is 16.0 Å². The van der Waals surface area contributed by atoms with Gasteiger partial charge < -0.3 is 20.7 Å². The van der Waals surface area contributed by atoms with E-state index < -0.39 is 18.0 Å². The second-order valence-corrected chi connectivity index (χ2v) is 7.91. The van der Waals surface area contributed by atoms with E-state index in [0.717, 1.165) is 6.42 Å². The van der Waals surface area contributed by atoms with Crippen molar-refractivity contribution in [3.8, 4) is 0 Å². The first-order valence-corrected chi connectivity index (χ1v) is 11.1. The predicted molar refractivity (Wildman–Crippen MR) is 128 cm³/mol. The fourth-order valence-electron chi connectivity index (χ4n) is 3.65. The molecule has 9 heteroatoms. The summed E-state index contributed by atoms with van der Waals surface area (Å²) in [5, 5.41) is 8.88. The Labute approximate surface area is 197 Å². The second kappa shape index (κ2) is 10.9. The SMILES string of the molecule is CCCN1C(=O)N[C@@H](c2cccc(NC(=O)Nc3cccc(Cl)c3)c2)C(C(=O)OCC)=C1C. The molecule has 1 heterocycles. The highest BCUT2D eigenvalue weighted by atomic mass is 35.5. The van der Waals surface area contributed by atoms with Crippen LogP contribution in [0.1, 0.15) is 38.8 Å². The molecule has 0 unspecified atom stereocenters. The molecule has 1 aliphatic heterocycles. The van der Waals surface area contributed by atoms with Crippen molar-refractivity contribution in [1.82, 2.24) is 10.2 Å². The van der Waals surface area contributed by atoms with Crippen LogP contribution in [0.4, 0.5) is 21.0 Å². The van der Waals surface area contributed by atoms with Crippen LogP contribution in [0.2, 0.25) is 5.02 Å². The molecule has 2 aromatic carbocycles. The summed E-state index contributed by atoms with van der Waals surface area (Å²) in [6.45, 7) is 6.14. The van der Waals surface area contributed by atoms with Gasteiger partial charge in [0.2, 0.25) is 0 Å². The maximum Gasteiger partial charge on any atom is 0.338 e. The Balaban J connectivity index is 1.86. The zero-order valence-electron chi connectivity index (χ0n) is 18.8. The zero-order chi connectivity index (χ0) is 24.0. The van der Waals surface area contributed by atoms with Crippen LogP contribution in [0.25, 0.3) is 0 Å². The van der Waals surface area contributed by atoms with Crippen LogP contribution >= 0.6 is 11.6 Å². The third-order valence-corrected chi connectivity index (χ3v) is 5.33. The van der Waals surface area contributed by atoms with E-state index in [4.69, 9.17) is 16.3 Å². The number of amides is 4. The van der Waals surface area contributed by atoms with Crippen LogP contribution in [0.5, 0.6) is 0 Å². The van der Waals surface area contributed by atoms with Gasteiger partial charge in [-0.15, -0.1) is 0 Å². The molecule has 8 nitrogen and oxygen atoms in total. The monoisotopic (exact) mass is 470 g/mol. The van der Waals surface area contributed by atoms with E-state index in [9.17, 15) is 14.4 Å². The van der Waals surface area contributed by atoms with Crippen LogP contribution in [0, 0.1) is 0 Å². The molecule has 174 valence electrons. The molecule has 0 saturated heterocycles. The zero-order valence-corrected chi connectivity index (χ0v) is 19.5. The Morgan fingerprint density at radius 3 is 2.39 bits per heavy atom. The van der Waals surface area contributed by atoms with Gasteiger partial charge in [-0.3, -0.25) is 4.90 Å². The third-order valence-electron chi connectivity index (χ3n) is 5.10. The number of nitrogens with zero attached hydrogens (tertiary/aromatic N) is 1. The molecule has 0 fully saturated rings. The molecular weight excluding hydrogens is 444 g/mol. The number of hydrogen-bond donors (Lipinski definition) is 3. The fraction of sp³-hybridized carbons (Fsp3) is 0.292. The van der Waals surface area contributed by atoms with Crippen LogP contribution in [0.3, 0.4) is 0 Å². The molecule has 0 radical (unpaired) electrons. The number of rotatable bonds is 7. The van der Waals surface area contributed by atoms with E-state index in [1.54, 1.807) is 67.3 Å². The summed E-state index contributed by atoms with van der Waals surface area (Å²) in [5.41, 5.74) is 2.61. The molecular formula is C24H27ClN4O4. The molecule has 1 atom stereocenters. The van der Waals surface area contributed by atoms with E-state index in [0.29, 0.717) is 39.8 Å². The lowest BCUT2D eigenvalue weighted by atomic mass is 9.94. The summed E-state index contributed by atoms with van der Waals surface area (Å²) in [7, 11) is 0. The molecule has 4 amide bonds. The van der Waals surface area contributed by atoms with Gasteiger partial charge in [0.15, 0.2) is 0 Å². The molecule has 1 aliphatic rings. The van der Waals surface area contributed by atoms with Crippen LogP contribution in [-0.4, -0.2) is 36.1 Å². The Bertz CT molecular complexity index is 1090. The number of benzene rings is 2. The van der Waals surface area contributed by atoms with Crippen LogP contribution in [0.15, 0.2) is 59.8 Å². The van der Waals surface area contributed by atoms with Crippen molar-refractivity contribution in [2.24, 2.45) is 0 Å². The van der Waals surface area contributed by atoms with Gasteiger partial charge in [-0.2, -0.15) is 0 Å². The first kappa shape index (κ1) is 24.1. The van der Waals surface area contributed by atoms with E-state index >= 15 is 0 Å². The first-order chi connectivity index (χ1) is 15.8. The Morgan fingerprint density at radius 2 is 1.76 bits per heavy atom. The summed E-state index contributed by atoms with van der Waals surface area (Å²) in [6, 6.07) is 12.3. The van der Waals surface area contributed by atoms with Gasteiger partial charge >= 0.3 is 18.0 Å². The van der Waals surface area contributed by atoms with Crippen molar-refractivity contribution in [2.75, 3.05) is 23.8 Å². The topological polar surface area (TPSA) is 99.8 Å². The minimum atomic E-state index is -0.706. The van der Waals surface area contributed by atoms with Crippen molar-refractivity contribution in [1.29, 1.82) is 0 Å². The van der Waals surface area contributed by atoms with Crippen molar-refractivity contribution in [3.05, 3.63) is 70.4 Å². The van der Waals surface area contributed by atoms with E-state index in [1.807, 2.05) is 6.92 Å². The number of halogens is 1. The molecule has 0 aromatic heterocycles. The van der Waals surface area contributed by atoms with Gasteiger partial charge in [0.25, 0.3) is 0 Å². The molecule has 0 spiro atoms. The number of carbonyl (C=O) groups is 3. The minimum absolute atomic E-state index is 0.218. The third kappa shape index (κ3) is 5.84. The second-order valence-electron chi connectivity index (χ2n) is 7.47. The minimum Gasteiger partial charge on any atom is -0.463 e. The summed E-state index contributed by atoms with van der Waals surface area (Å²) >= 11 is 5.96.